The molecule has 1 rings (SSSR count). The highest BCUT2D eigenvalue weighted by Gasteiger charge is 2.38. The summed E-state index contributed by atoms with van der Waals surface area (Å²) >= 11 is 0. The fourth-order valence-electron chi connectivity index (χ4n) is 1.01. The molecule has 5 nitrogen and oxygen atoms in total. The number of rotatable bonds is 3. The van der Waals surface area contributed by atoms with Crippen LogP contribution in [-0.2, 0) is 4.79 Å². The molecule has 1 aliphatic rings. The third kappa shape index (κ3) is 1.82. The van der Waals surface area contributed by atoms with Crippen molar-refractivity contribution in [1.29, 1.82) is 0 Å². The molecule has 1 aliphatic carbocycles. The maximum Gasteiger partial charge on any atom is 0.321 e. The van der Waals surface area contributed by atoms with Crippen molar-refractivity contribution in [1.82, 2.24) is 0 Å². The molecule has 1 saturated carbocycles. The zero-order chi connectivity index (χ0) is 9.14. The van der Waals surface area contributed by atoms with Crippen molar-refractivity contribution in [2.45, 2.75) is 12.5 Å². The molecule has 2 unspecified atom stereocenters. The molecule has 5 heteroatoms. The quantitative estimate of drug-likeness (QED) is 0.383. The fourth-order valence-corrected chi connectivity index (χ4v) is 1.01. The lowest BCUT2D eigenvalue weighted by Gasteiger charge is -2.00. The molecule has 12 heavy (non-hydrogen) atoms. The van der Waals surface area contributed by atoms with Gasteiger partial charge in [0.1, 0.15) is 6.04 Å². The summed E-state index contributed by atoms with van der Waals surface area (Å²) in [5.74, 6) is -1.02. The third-order valence-electron chi connectivity index (χ3n) is 1.82. The van der Waals surface area contributed by atoms with Crippen LogP contribution in [0.3, 0.4) is 0 Å². The lowest BCUT2D eigenvalue weighted by Crippen LogP contribution is -2.32. The molecule has 66 valence electrons. The van der Waals surface area contributed by atoms with E-state index in [0.717, 1.165) is 11.9 Å². The van der Waals surface area contributed by atoms with E-state index in [0.29, 0.717) is 6.42 Å². The van der Waals surface area contributed by atoms with Crippen LogP contribution >= 0.6 is 0 Å². The predicted octanol–water partition coefficient (Wildman–Crippen LogP) is -0.711. The molecule has 5 N–H and O–H groups in total. The van der Waals surface area contributed by atoms with Crippen molar-refractivity contribution in [2.24, 2.45) is 22.4 Å². The number of carboxylic acids is 1. The number of aliphatic imine (C=N–C) groups is 1. The Morgan fingerprint density at radius 2 is 2.50 bits per heavy atom. The average Bonchev–Trinajstić information content (AvgIpc) is 2.78. The molecule has 0 bridgehead atoms. The lowest BCUT2D eigenvalue weighted by atomic mass is 10.2. The summed E-state index contributed by atoms with van der Waals surface area (Å²) in [6, 6.07) is -0.802. The van der Waals surface area contributed by atoms with Gasteiger partial charge in [-0.15, -0.1) is 0 Å². The van der Waals surface area contributed by atoms with Crippen molar-refractivity contribution < 1.29 is 9.90 Å². The number of aliphatic carboxylic acids is 1. The van der Waals surface area contributed by atoms with E-state index < -0.39 is 12.0 Å². The highest BCUT2D eigenvalue weighted by molar-refractivity contribution is 5.75. The first-order chi connectivity index (χ1) is 5.66. The standard InChI is InChI=1S/C7H11N3O2/c8-3-10-2-4-1-5(4)6(9)7(11)12/h2-3,5-6H,1,9H2,(H2,8,10)(H,11,12)/b4-2+. The van der Waals surface area contributed by atoms with E-state index >= 15 is 0 Å². The second kappa shape index (κ2) is 3.36. The van der Waals surface area contributed by atoms with Crippen LogP contribution in [0.25, 0.3) is 0 Å². The molecule has 0 spiro atoms. The zero-order valence-electron chi connectivity index (χ0n) is 6.47. The first-order valence-corrected chi connectivity index (χ1v) is 3.57. The molecule has 1 fully saturated rings. The van der Waals surface area contributed by atoms with Crippen LogP contribution in [0.15, 0.2) is 16.8 Å². The topological polar surface area (TPSA) is 102 Å². The SMILES string of the molecule is NC=N/C=C1\CC1C(N)C(=O)O. The molecule has 0 radical (unpaired) electrons. The summed E-state index contributed by atoms with van der Waals surface area (Å²) in [4.78, 5) is 14.1. The summed E-state index contributed by atoms with van der Waals surface area (Å²) in [5.41, 5.74) is 11.3. The van der Waals surface area contributed by atoms with Crippen molar-refractivity contribution in [2.75, 3.05) is 0 Å². The van der Waals surface area contributed by atoms with Gasteiger partial charge in [-0.3, -0.25) is 4.79 Å². The third-order valence-corrected chi connectivity index (χ3v) is 1.82. The van der Waals surface area contributed by atoms with E-state index in [4.69, 9.17) is 16.6 Å². The van der Waals surface area contributed by atoms with E-state index in [-0.39, 0.29) is 5.92 Å². The van der Waals surface area contributed by atoms with Crippen LogP contribution in [0.5, 0.6) is 0 Å². The van der Waals surface area contributed by atoms with Gasteiger partial charge >= 0.3 is 5.97 Å². The van der Waals surface area contributed by atoms with E-state index in [9.17, 15) is 4.79 Å². The molecule has 0 aromatic carbocycles. The predicted molar refractivity (Wildman–Crippen MR) is 44.5 cm³/mol. The van der Waals surface area contributed by atoms with Crippen LogP contribution in [-0.4, -0.2) is 23.5 Å². The summed E-state index contributed by atoms with van der Waals surface area (Å²) in [6.07, 6.45) is 3.44. The Kier molecular flexibility index (Phi) is 2.44. The minimum atomic E-state index is -0.972. The Morgan fingerprint density at radius 1 is 1.83 bits per heavy atom. The van der Waals surface area contributed by atoms with Crippen molar-refractivity contribution in [3.05, 3.63) is 11.8 Å². The van der Waals surface area contributed by atoms with Gasteiger partial charge in [-0.05, 0) is 12.0 Å². The summed E-state index contributed by atoms with van der Waals surface area (Å²) in [5, 5.41) is 8.52. The van der Waals surface area contributed by atoms with E-state index in [1.165, 1.54) is 0 Å². The Bertz CT molecular complexity index is 247. The first-order valence-electron chi connectivity index (χ1n) is 3.57. The number of nitrogens with two attached hydrogens (primary N) is 2. The minimum absolute atomic E-state index is 0.0498. The molecule has 0 saturated heterocycles. The van der Waals surface area contributed by atoms with Crippen LogP contribution in [0, 0.1) is 5.92 Å². The van der Waals surface area contributed by atoms with Gasteiger partial charge in [0, 0.05) is 12.1 Å². The minimum Gasteiger partial charge on any atom is -0.480 e. The van der Waals surface area contributed by atoms with Crippen LogP contribution in [0.4, 0.5) is 0 Å². The van der Waals surface area contributed by atoms with Crippen LogP contribution in [0.1, 0.15) is 6.42 Å². The Labute approximate surface area is 69.8 Å². The van der Waals surface area contributed by atoms with Gasteiger partial charge in [0.2, 0.25) is 0 Å². The van der Waals surface area contributed by atoms with Crippen LogP contribution < -0.4 is 11.5 Å². The van der Waals surface area contributed by atoms with E-state index in [1.807, 2.05) is 0 Å². The maximum absolute atomic E-state index is 10.4. The van der Waals surface area contributed by atoms with Gasteiger partial charge < -0.3 is 16.6 Å². The molecule has 2 atom stereocenters. The summed E-state index contributed by atoms with van der Waals surface area (Å²) in [7, 11) is 0. The average molecular weight is 169 g/mol. The molecule has 0 aliphatic heterocycles. The first kappa shape index (κ1) is 8.73. The van der Waals surface area contributed by atoms with Gasteiger partial charge in [-0.25, -0.2) is 4.99 Å². The monoisotopic (exact) mass is 169 g/mol. The molecular formula is C7H11N3O2. The van der Waals surface area contributed by atoms with Crippen molar-refractivity contribution in [3.63, 3.8) is 0 Å². The summed E-state index contributed by atoms with van der Waals surface area (Å²) < 4.78 is 0. The Balaban J connectivity index is 2.47. The lowest BCUT2D eigenvalue weighted by molar-refractivity contribution is -0.138. The second-order valence-electron chi connectivity index (χ2n) is 2.68. The van der Waals surface area contributed by atoms with Crippen LogP contribution in [0.2, 0.25) is 0 Å². The fraction of sp³-hybridized carbons (Fsp3) is 0.429. The van der Waals surface area contributed by atoms with Crippen molar-refractivity contribution in [3.8, 4) is 0 Å². The number of hydrogen-bond donors (Lipinski definition) is 3. The van der Waals surface area contributed by atoms with Gasteiger partial charge in [-0.2, -0.15) is 0 Å². The Morgan fingerprint density at radius 3 is 3.00 bits per heavy atom. The Hall–Kier alpha value is -1.36. The molecule has 0 heterocycles. The molecule has 0 aromatic rings. The smallest absolute Gasteiger partial charge is 0.321 e. The summed E-state index contributed by atoms with van der Waals surface area (Å²) in [6.45, 7) is 0. The zero-order valence-corrected chi connectivity index (χ0v) is 6.47. The number of nitrogens with zero attached hydrogens (tertiary/aromatic N) is 1. The highest BCUT2D eigenvalue weighted by Crippen LogP contribution is 2.39. The van der Waals surface area contributed by atoms with Gasteiger partial charge in [0.15, 0.2) is 0 Å². The van der Waals surface area contributed by atoms with Gasteiger partial charge in [0.25, 0.3) is 0 Å². The van der Waals surface area contributed by atoms with Crippen molar-refractivity contribution >= 4 is 12.3 Å². The number of carboxylic acid groups (broad SMARTS) is 1. The van der Waals surface area contributed by atoms with Gasteiger partial charge in [-0.1, -0.05) is 0 Å². The number of carbonyl (C=O) groups is 1. The molecule has 0 amide bonds. The van der Waals surface area contributed by atoms with Gasteiger partial charge in [0.05, 0.1) is 6.34 Å². The highest BCUT2D eigenvalue weighted by atomic mass is 16.4. The molecule has 0 aromatic heterocycles. The maximum atomic E-state index is 10.4. The van der Waals surface area contributed by atoms with E-state index in [1.54, 1.807) is 6.20 Å². The van der Waals surface area contributed by atoms with E-state index in [2.05, 4.69) is 4.99 Å². The largest absolute Gasteiger partial charge is 0.480 e. The second-order valence-corrected chi connectivity index (χ2v) is 2.68. The number of hydrogen-bond acceptors (Lipinski definition) is 3. The normalized spacial score (nSPS) is 27.8. The molecular weight excluding hydrogens is 158 g/mol.